The first kappa shape index (κ1) is 23.7. The molecule has 8 nitrogen and oxygen atoms in total. The molecule has 2 aromatic heterocycles. The maximum absolute atomic E-state index is 14.8. The van der Waals surface area contributed by atoms with Gasteiger partial charge in [0.25, 0.3) is 5.91 Å². The molecule has 0 unspecified atom stereocenters. The smallest absolute Gasteiger partial charge is 0.250 e. The van der Waals surface area contributed by atoms with Crippen LogP contribution in [0.3, 0.4) is 0 Å². The van der Waals surface area contributed by atoms with Crippen molar-refractivity contribution in [1.82, 2.24) is 19.4 Å². The van der Waals surface area contributed by atoms with E-state index in [9.17, 15) is 9.18 Å². The molecule has 1 aliphatic heterocycles. The Labute approximate surface area is 209 Å². The van der Waals surface area contributed by atoms with Crippen LogP contribution in [0.5, 0.6) is 0 Å². The van der Waals surface area contributed by atoms with Crippen LogP contribution in [0.15, 0.2) is 54.9 Å². The highest BCUT2D eigenvalue weighted by Gasteiger charge is 2.18. The van der Waals surface area contributed by atoms with E-state index in [0.717, 1.165) is 30.5 Å². The highest BCUT2D eigenvalue weighted by atomic mass is 19.1. The number of aromatic nitrogens is 3. The van der Waals surface area contributed by atoms with Crippen molar-refractivity contribution < 1.29 is 9.18 Å². The maximum Gasteiger partial charge on any atom is 0.250 e. The van der Waals surface area contributed by atoms with E-state index < -0.39 is 11.7 Å². The third-order valence-electron chi connectivity index (χ3n) is 6.75. The van der Waals surface area contributed by atoms with Crippen LogP contribution in [0.2, 0.25) is 0 Å². The number of aryl methyl sites for hydroxylation is 1. The van der Waals surface area contributed by atoms with Gasteiger partial charge in [-0.3, -0.25) is 9.36 Å². The van der Waals surface area contributed by atoms with E-state index in [4.69, 9.17) is 5.73 Å². The molecule has 0 atom stereocenters. The van der Waals surface area contributed by atoms with E-state index in [1.165, 1.54) is 42.4 Å². The van der Waals surface area contributed by atoms with Gasteiger partial charge in [0.2, 0.25) is 5.95 Å². The van der Waals surface area contributed by atoms with Crippen LogP contribution < -0.4 is 16.0 Å². The van der Waals surface area contributed by atoms with Crippen molar-refractivity contribution >= 4 is 34.1 Å². The van der Waals surface area contributed by atoms with Crippen molar-refractivity contribution in [3.8, 4) is 5.82 Å². The first-order chi connectivity index (χ1) is 17.4. The van der Waals surface area contributed by atoms with Gasteiger partial charge in [-0.1, -0.05) is 18.2 Å². The van der Waals surface area contributed by atoms with Crippen LogP contribution in [0, 0.1) is 12.7 Å². The van der Waals surface area contributed by atoms with Crippen molar-refractivity contribution in [3.05, 3.63) is 71.8 Å². The molecule has 36 heavy (non-hydrogen) atoms. The minimum atomic E-state index is -0.608. The van der Waals surface area contributed by atoms with Crippen LogP contribution in [0.4, 0.5) is 21.7 Å². The van der Waals surface area contributed by atoms with E-state index in [-0.39, 0.29) is 11.8 Å². The molecule has 4 aromatic rings. The number of amides is 1. The lowest BCUT2D eigenvalue weighted by molar-refractivity contribution is 0.100. The van der Waals surface area contributed by atoms with Gasteiger partial charge in [-0.05, 0) is 62.7 Å². The Morgan fingerprint density at radius 3 is 2.72 bits per heavy atom. The molecule has 0 saturated carbocycles. The highest BCUT2D eigenvalue weighted by Crippen LogP contribution is 2.27. The summed E-state index contributed by atoms with van der Waals surface area (Å²) in [5.41, 5.74) is 9.56. The molecule has 1 aliphatic rings. The summed E-state index contributed by atoms with van der Waals surface area (Å²) in [6.45, 7) is 6.49. The molecule has 0 radical (unpaired) electrons. The summed E-state index contributed by atoms with van der Waals surface area (Å²) in [6, 6.07) is 13.3. The van der Waals surface area contributed by atoms with Crippen LogP contribution in [0.1, 0.15) is 28.8 Å². The number of nitrogens with one attached hydrogen (secondary N) is 1. The van der Waals surface area contributed by atoms with Gasteiger partial charge in [-0.15, -0.1) is 0 Å². The molecule has 0 bridgehead atoms. The molecular weight excluding hydrogens is 457 g/mol. The molecule has 186 valence electrons. The normalized spacial score (nSPS) is 13.9. The van der Waals surface area contributed by atoms with Gasteiger partial charge in [0.05, 0.1) is 17.3 Å². The molecule has 2 aromatic carbocycles. The molecule has 0 spiro atoms. The number of hydrogen-bond acceptors (Lipinski definition) is 6. The Balaban J connectivity index is 1.37. The van der Waals surface area contributed by atoms with Gasteiger partial charge in [0, 0.05) is 43.1 Å². The fraction of sp³-hybridized carbons (Fsp3) is 0.296. The topological polar surface area (TPSA) is 92.3 Å². The molecule has 1 fully saturated rings. The molecule has 5 rings (SSSR count). The van der Waals surface area contributed by atoms with Gasteiger partial charge < -0.3 is 20.9 Å². The van der Waals surface area contributed by atoms with Crippen LogP contribution in [0.25, 0.3) is 16.7 Å². The number of para-hydroxylation sites is 1. The van der Waals surface area contributed by atoms with Crippen molar-refractivity contribution in [3.63, 3.8) is 0 Å². The van der Waals surface area contributed by atoms with E-state index in [1.807, 2.05) is 18.2 Å². The lowest BCUT2D eigenvalue weighted by Crippen LogP contribution is -2.31. The van der Waals surface area contributed by atoms with Gasteiger partial charge >= 0.3 is 0 Å². The third kappa shape index (κ3) is 4.74. The number of rotatable bonds is 8. The zero-order valence-corrected chi connectivity index (χ0v) is 20.5. The van der Waals surface area contributed by atoms with Gasteiger partial charge in [-0.2, -0.15) is 4.98 Å². The average molecular weight is 488 g/mol. The fourth-order valence-electron chi connectivity index (χ4n) is 4.85. The van der Waals surface area contributed by atoms with Gasteiger partial charge in [0.15, 0.2) is 11.6 Å². The molecular formula is C27H30FN7O. The lowest BCUT2D eigenvalue weighted by atomic mass is 10.1. The summed E-state index contributed by atoms with van der Waals surface area (Å²) < 4.78 is 16.4. The van der Waals surface area contributed by atoms with Crippen LogP contribution in [-0.4, -0.2) is 58.6 Å². The zero-order chi connectivity index (χ0) is 25.2. The largest absolute Gasteiger partial charge is 0.373 e. The standard InChI is InChI=1S/C27H30FN7O/c1-18-15-19(9-10-23(18)33(2)13-14-34-11-5-6-12-34)31-27-30-16-22(28)26(32-27)35-17-21(25(29)36)20-7-3-4-8-24(20)35/h3-4,7-10,15-17H,5-6,11-14H2,1-2H3,(H2,29,36)(H,30,31,32). The number of halogens is 1. The lowest BCUT2D eigenvalue weighted by Gasteiger charge is -2.25. The second-order valence-electron chi connectivity index (χ2n) is 9.26. The van der Waals surface area contributed by atoms with E-state index in [2.05, 4.69) is 45.1 Å². The SMILES string of the molecule is Cc1cc(Nc2ncc(F)c(-n3cc(C(N)=O)c4ccccc43)n2)ccc1N(C)CCN1CCCC1. The van der Waals surface area contributed by atoms with Crippen LogP contribution >= 0.6 is 0 Å². The van der Waals surface area contributed by atoms with E-state index in [1.54, 1.807) is 18.2 Å². The molecule has 1 saturated heterocycles. The Morgan fingerprint density at radius 1 is 1.19 bits per heavy atom. The highest BCUT2D eigenvalue weighted by molar-refractivity contribution is 6.06. The molecule has 1 amide bonds. The minimum Gasteiger partial charge on any atom is -0.373 e. The number of carbonyl (C=O) groups is 1. The van der Waals surface area contributed by atoms with E-state index in [0.29, 0.717) is 16.5 Å². The Hall–Kier alpha value is -3.98. The fourth-order valence-corrected chi connectivity index (χ4v) is 4.85. The number of nitrogens with two attached hydrogens (primary N) is 1. The predicted molar refractivity (Wildman–Crippen MR) is 141 cm³/mol. The summed E-state index contributed by atoms with van der Waals surface area (Å²) in [5.74, 6) is -0.910. The van der Waals surface area contributed by atoms with E-state index >= 15 is 0 Å². The van der Waals surface area contributed by atoms with Crippen LogP contribution in [-0.2, 0) is 0 Å². The number of primary amides is 1. The summed E-state index contributed by atoms with van der Waals surface area (Å²) in [7, 11) is 2.11. The zero-order valence-electron chi connectivity index (χ0n) is 20.5. The van der Waals surface area contributed by atoms with Gasteiger partial charge in [0.1, 0.15) is 0 Å². The second-order valence-corrected chi connectivity index (χ2v) is 9.26. The van der Waals surface area contributed by atoms with Crippen molar-refractivity contribution in [1.29, 1.82) is 0 Å². The monoisotopic (exact) mass is 487 g/mol. The Morgan fingerprint density at radius 2 is 1.97 bits per heavy atom. The Kier molecular flexibility index (Phi) is 6.56. The average Bonchev–Trinajstić information content (AvgIpc) is 3.52. The summed E-state index contributed by atoms with van der Waals surface area (Å²) in [4.78, 5) is 25.3. The minimum absolute atomic E-state index is 0.0335. The van der Waals surface area contributed by atoms with Crippen molar-refractivity contribution in [2.45, 2.75) is 19.8 Å². The maximum atomic E-state index is 14.8. The first-order valence-corrected chi connectivity index (χ1v) is 12.1. The predicted octanol–water partition coefficient (Wildman–Crippen LogP) is 4.24. The number of nitrogens with zero attached hydrogens (tertiary/aromatic N) is 5. The summed E-state index contributed by atoms with van der Waals surface area (Å²) >= 11 is 0. The number of anilines is 3. The third-order valence-corrected chi connectivity index (χ3v) is 6.75. The van der Waals surface area contributed by atoms with Crippen molar-refractivity contribution in [2.75, 3.05) is 43.4 Å². The summed E-state index contributed by atoms with van der Waals surface area (Å²) in [5, 5.41) is 3.82. The molecule has 3 N–H and O–H groups in total. The molecule has 9 heteroatoms. The quantitative estimate of drug-likeness (QED) is 0.386. The Bertz CT molecular complexity index is 1410. The first-order valence-electron chi connectivity index (χ1n) is 12.1. The molecule has 3 heterocycles. The number of likely N-dealkylation sites (N-methyl/N-ethyl adjacent to an activating group) is 1. The number of likely N-dealkylation sites (tertiary alicyclic amines) is 1. The second kappa shape index (κ2) is 9.94. The molecule has 0 aliphatic carbocycles. The van der Waals surface area contributed by atoms with Gasteiger partial charge in [-0.25, -0.2) is 9.37 Å². The summed E-state index contributed by atoms with van der Waals surface area (Å²) in [6.07, 6.45) is 5.22. The number of benzene rings is 2. The van der Waals surface area contributed by atoms with Crippen molar-refractivity contribution in [2.24, 2.45) is 5.73 Å². The number of carbonyl (C=O) groups excluding carboxylic acids is 1. The number of fused-ring (bicyclic) bond motifs is 1. The number of hydrogen-bond donors (Lipinski definition) is 2.